The van der Waals surface area contributed by atoms with E-state index in [0.717, 1.165) is 10.5 Å². The molecule has 6 nitrogen and oxygen atoms in total. The van der Waals surface area contributed by atoms with Crippen molar-refractivity contribution in [3.8, 4) is 0 Å². The molecule has 1 N–H and O–H groups in total. The summed E-state index contributed by atoms with van der Waals surface area (Å²) in [5, 5.41) is 2.71. The second kappa shape index (κ2) is 6.40. The van der Waals surface area contributed by atoms with Crippen LogP contribution in [0, 0.1) is 6.92 Å². The van der Waals surface area contributed by atoms with E-state index < -0.39 is 17.5 Å². The Morgan fingerprint density at radius 1 is 1.17 bits per heavy atom. The third kappa shape index (κ3) is 3.06. The molecule has 1 aromatic carbocycles. The van der Waals surface area contributed by atoms with Crippen LogP contribution in [0.4, 0.5) is 4.79 Å². The molecule has 0 radical (unpaired) electrons. The number of nitrogens with zero attached hydrogens (tertiary/aromatic N) is 2. The Balaban J connectivity index is 2.22. The normalized spacial score (nSPS) is 20.6. The fourth-order valence-electron chi connectivity index (χ4n) is 2.73. The van der Waals surface area contributed by atoms with Crippen LogP contribution in [0.5, 0.6) is 0 Å². The second-order valence-electron chi connectivity index (χ2n) is 5.88. The lowest BCUT2D eigenvalue weighted by atomic mass is 9.91. The zero-order valence-electron chi connectivity index (χ0n) is 14.0. The summed E-state index contributed by atoms with van der Waals surface area (Å²) in [7, 11) is 0. The van der Waals surface area contributed by atoms with Gasteiger partial charge in [0.05, 0.1) is 0 Å². The van der Waals surface area contributed by atoms with Crippen LogP contribution < -0.4 is 5.32 Å². The van der Waals surface area contributed by atoms with Gasteiger partial charge in [-0.2, -0.15) is 0 Å². The van der Waals surface area contributed by atoms with E-state index in [1.165, 1.54) is 0 Å². The van der Waals surface area contributed by atoms with Gasteiger partial charge in [0.25, 0.3) is 5.91 Å². The number of benzene rings is 1. The van der Waals surface area contributed by atoms with Gasteiger partial charge in [-0.05, 0) is 33.3 Å². The molecule has 1 saturated heterocycles. The molecule has 23 heavy (non-hydrogen) atoms. The van der Waals surface area contributed by atoms with Gasteiger partial charge < -0.3 is 10.2 Å². The van der Waals surface area contributed by atoms with Gasteiger partial charge in [0.1, 0.15) is 12.1 Å². The van der Waals surface area contributed by atoms with Crippen LogP contribution in [0.3, 0.4) is 0 Å². The van der Waals surface area contributed by atoms with E-state index in [1.807, 2.05) is 45.0 Å². The van der Waals surface area contributed by atoms with Crippen molar-refractivity contribution in [2.24, 2.45) is 0 Å². The third-order valence-electron chi connectivity index (χ3n) is 4.31. The maximum Gasteiger partial charge on any atom is 0.325 e. The smallest absolute Gasteiger partial charge is 0.325 e. The Labute approximate surface area is 136 Å². The number of hydrogen-bond acceptors (Lipinski definition) is 3. The SMILES string of the molecule is CCN(CC)C(=O)CN1C(=O)NC(C)(c2ccc(C)cc2)C1=O. The Hall–Kier alpha value is -2.37. The summed E-state index contributed by atoms with van der Waals surface area (Å²) < 4.78 is 0. The molecule has 0 aromatic heterocycles. The molecule has 1 atom stereocenters. The molecule has 0 bridgehead atoms. The van der Waals surface area contributed by atoms with Crippen LogP contribution in [-0.2, 0) is 15.1 Å². The van der Waals surface area contributed by atoms with Crippen LogP contribution >= 0.6 is 0 Å². The predicted octanol–water partition coefficient (Wildman–Crippen LogP) is 1.63. The minimum Gasteiger partial charge on any atom is -0.342 e. The van der Waals surface area contributed by atoms with Crippen molar-refractivity contribution in [3.05, 3.63) is 35.4 Å². The van der Waals surface area contributed by atoms with E-state index in [2.05, 4.69) is 5.32 Å². The molecule has 1 aliphatic heterocycles. The van der Waals surface area contributed by atoms with E-state index in [4.69, 9.17) is 0 Å². The lowest BCUT2D eigenvalue weighted by Gasteiger charge is -2.24. The Kier molecular flexibility index (Phi) is 4.73. The average Bonchev–Trinajstić information content (AvgIpc) is 2.73. The van der Waals surface area contributed by atoms with E-state index in [9.17, 15) is 14.4 Å². The number of likely N-dealkylation sites (N-methyl/N-ethyl adjacent to an activating group) is 1. The van der Waals surface area contributed by atoms with E-state index in [0.29, 0.717) is 18.7 Å². The summed E-state index contributed by atoms with van der Waals surface area (Å²) in [6.45, 7) is 8.22. The minimum atomic E-state index is -1.13. The predicted molar refractivity (Wildman–Crippen MR) is 86.7 cm³/mol. The monoisotopic (exact) mass is 317 g/mol. The van der Waals surface area contributed by atoms with Gasteiger partial charge in [0.15, 0.2) is 0 Å². The molecule has 124 valence electrons. The third-order valence-corrected chi connectivity index (χ3v) is 4.31. The molecule has 6 heteroatoms. The molecule has 0 aliphatic carbocycles. The number of urea groups is 1. The molecule has 4 amide bonds. The van der Waals surface area contributed by atoms with Gasteiger partial charge in [0.2, 0.25) is 5.91 Å². The van der Waals surface area contributed by atoms with Crippen molar-refractivity contribution in [1.29, 1.82) is 0 Å². The van der Waals surface area contributed by atoms with Gasteiger partial charge in [-0.25, -0.2) is 4.79 Å². The molecule has 1 heterocycles. The van der Waals surface area contributed by atoms with E-state index >= 15 is 0 Å². The maximum absolute atomic E-state index is 12.7. The highest BCUT2D eigenvalue weighted by molar-refractivity contribution is 6.09. The van der Waals surface area contributed by atoms with Crippen molar-refractivity contribution < 1.29 is 14.4 Å². The number of imide groups is 1. The van der Waals surface area contributed by atoms with E-state index in [1.54, 1.807) is 11.8 Å². The number of carbonyl (C=O) groups is 3. The van der Waals surface area contributed by atoms with Crippen molar-refractivity contribution in [2.75, 3.05) is 19.6 Å². The first kappa shape index (κ1) is 17.0. The minimum absolute atomic E-state index is 0.228. The van der Waals surface area contributed by atoms with Gasteiger partial charge in [-0.1, -0.05) is 29.8 Å². The molecule has 0 spiro atoms. The second-order valence-corrected chi connectivity index (χ2v) is 5.88. The largest absolute Gasteiger partial charge is 0.342 e. The summed E-state index contributed by atoms with van der Waals surface area (Å²) in [6.07, 6.45) is 0. The molecular weight excluding hydrogens is 294 g/mol. The van der Waals surface area contributed by atoms with Crippen LogP contribution in [-0.4, -0.2) is 47.3 Å². The number of aryl methyl sites for hydroxylation is 1. The van der Waals surface area contributed by atoms with Crippen molar-refractivity contribution >= 4 is 17.8 Å². The zero-order chi connectivity index (χ0) is 17.2. The molecule has 2 rings (SSSR count). The van der Waals surface area contributed by atoms with Crippen molar-refractivity contribution in [3.63, 3.8) is 0 Å². The molecule has 0 saturated carbocycles. The summed E-state index contributed by atoms with van der Waals surface area (Å²) in [5.41, 5.74) is 0.649. The lowest BCUT2D eigenvalue weighted by Crippen LogP contribution is -2.44. The van der Waals surface area contributed by atoms with Gasteiger partial charge >= 0.3 is 6.03 Å². The molecule has 1 fully saturated rings. The van der Waals surface area contributed by atoms with Crippen molar-refractivity contribution in [2.45, 2.75) is 33.2 Å². The summed E-state index contributed by atoms with van der Waals surface area (Å²) in [4.78, 5) is 39.7. The average molecular weight is 317 g/mol. The quantitative estimate of drug-likeness (QED) is 0.839. The van der Waals surface area contributed by atoms with Gasteiger partial charge in [0, 0.05) is 13.1 Å². The lowest BCUT2D eigenvalue weighted by molar-refractivity contribution is -0.138. The highest BCUT2D eigenvalue weighted by atomic mass is 16.2. The number of nitrogens with one attached hydrogen (secondary N) is 1. The Bertz CT molecular complexity index is 622. The highest BCUT2D eigenvalue weighted by Gasteiger charge is 2.49. The molecule has 1 aromatic rings. The van der Waals surface area contributed by atoms with Crippen LogP contribution in [0.1, 0.15) is 31.9 Å². The fourth-order valence-corrected chi connectivity index (χ4v) is 2.73. The summed E-state index contributed by atoms with van der Waals surface area (Å²) in [5.74, 6) is -0.626. The number of carbonyl (C=O) groups excluding carboxylic acids is 3. The maximum atomic E-state index is 12.7. The molecular formula is C17H23N3O3. The van der Waals surface area contributed by atoms with E-state index in [-0.39, 0.29) is 12.5 Å². The van der Waals surface area contributed by atoms with Crippen LogP contribution in [0.15, 0.2) is 24.3 Å². The number of hydrogen-bond donors (Lipinski definition) is 1. The Morgan fingerprint density at radius 3 is 2.26 bits per heavy atom. The highest BCUT2D eigenvalue weighted by Crippen LogP contribution is 2.28. The van der Waals surface area contributed by atoms with Gasteiger partial charge in [-0.15, -0.1) is 0 Å². The number of amides is 4. The summed E-state index contributed by atoms with van der Waals surface area (Å²) >= 11 is 0. The standard InChI is InChI=1S/C17H23N3O3/c1-5-19(6-2)14(21)11-20-15(22)17(4,18-16(20)23)13-9-7-12(3)8-10-13/h7-10H,5-6,11H2,1-4H3,(H,18,23). The van der Waals surface area contributed by atoms with Crippen LogP contribution in [0.2, 0.25) is 0 Å². The Morgan fingerprint density at radius 2 is 1.74 bits per heavy atom. The molecule has 1 unspecified atom stereocenters. The topological polar surface area (TPSA) is 69.7 Å². The van der Waals surface area contributed by atoms with Crippen molar-refractivity contribution in [1.82, 2.24) is 15.1 Å². The molecule has 1 aliphatic rings. The first-order valence-corrected chi connectivity index (χ1v) is 7.82. The van der Waals surface area contributed by atoms with Crippen LogP contribution in [0.25, 0.3) is 0 Å². The first-order chi connectivity index (χ1) is 10.8. The first-order valence-electron chi connectivity index (χ1n) is 7.82. The summed E-state index contributed by atoms with van der Waals surface area (Å²) in [6, 6.07) is 6.90. The fraction of sp³-hybridized carbons (Fsp3) is 0.471. The van der Waals surface area contributed by atoms with Gasteiger partial charge in [-0.3, -0.25) is 14.5 Å². The number of rotatable bonds is 5. The zero-order valence-corrected chi connectivity index (χ0v) is 14.0.